The lowest BCUT2D eigenvalue weighted by molar-refractivity contribution is -0.119. The molecule has 0 aromatic heterocycles. The van der Waals surface area contributed by atoms with Crippen LogP contribution < -0.4 is 10.1 Å². The zero-order valence-corrected chi connectivity index (χ0v) is 17.5. The number of sulfonamides is 1. The molecule has 3 rings (SSSR count). The van der Waals surface area contributed by atoms with Gasteiger partial charge in [0, 0.05) is 18.3 Å². The van der Waals surface area contributed by atoms with Crippen LogP contribution in [0.5, 0.6) is 5.75 Å². The lowest BCUT2D eigenvalue weighted by Crippen LogP contribution is -2.43. The molecule has 0 saturated carbocycles. The molecule has 150 valence electrons. The Morgan fingerprint density at radius 1 is 1.11 bits per heavy atom. The molecule has 28 heavy (non-hydrogen) atoms. The molecule has 2 aromatic rings. The Hall–Kier alpha value is -2.38. The van der Waals surface area contributed by atoms with Crippen molar-refractivity contribution >= 4 is 21.6 Å². The first kappa shape index (κ1) is 20.4. The monoisotopic (exact) mass is 402 g/mol. The highest BCUT2D eigenvalue weighted by Gasteiger charge is 2.40. The van der Waals surface area contributed by atoms with Crippen LogP contribution in [0.3, 0.4) is 0 Å². The second kappa shape index (κ2) is 7.93. The van der Waals surface area contributed by atoms with Crippen LogP contribution in [0.4, 0.5) is 5.69 Å². The van der Waals surface area contributed by atoms with Gasteiger partial charge in [-0.15, -0.1) is 0 Å². The van der Waals surface area contributed by atoms with Gasteiger partial charge in [-0.2, -0.15) is 4.31 Å². The summed E-state index contributed by atoms with van der Waals surface area (Å²) in [6, 6.07) is 10.0. The summed E-state index contributed by atoms with van der Waals surface area (Å²) >= 11 is 0. The minimum atomic E-state index is -3.81. The Kier molecular flexibility index (Phi) is 5.76. The molecule has 1 aliphatic heterocycles. The third-order valence-corrected chi connectivity index (χ3v) is 7.03. The fourth-order valence-corrected chi connectivity index (χ4v) is 5.57. The van der Waals surface area contributed by atoms with Crippen LogP contribution in [0.15, 0.2) is 41.3 Å². The Bertz CT molecular complexity index is 981. The minimum absolute atomic E-state index is 0.179. The van der Waals surface area contributed by atoms with Crippen molar-refractivity contribution in [2.75, 3.05) is 19.0 Å². The van der Waals surface area contributed by atoms with Crippen LogP contribution >= 0.6 is 0 Å². The van der Waals surface area contributed by atoms with Gasteiger partial charge in [0.15, 0.2) is 0 Å². The van der Waals surface area contributed by atoms with E-state index in [2.05, 4.69) is 5.32 Å². The number of carbonyl (C=O) groups excluding carboxylic acids is 1. The zero-order valence-electron chi connectivity index (χ0n) is 16.7. The summed E-state index contributed by atoms with van der Waals surface area (Å²) in [4.78, 5) is 13.1. The maximum Gasteiger partial charge on any atom is 0.244 e. The lowest BCUT2D eigenvalue weighted by atomic mass is 10.1. The van der Waals surface area contributed by atoms with Crippen LogP contribution in [0, 0.1) is 20.8 Å². The first-order chi connectivity index (χ1) is 13.2. The van der Waals surface area contributed by atoms with Gasteiger partial charge < -0.3 is 10.1 Å². The van der Waals surface area contributed by atoms with E-state index in [1.54, 1.807) is 19.1 Å². The number of hydrogen-bond acceptors (Lipinski definition) is 4. The number of nitrogens with one attached hydrogen (secondary N) is 1. The Labute approximate surface area is 166 Å². The zero-order chi connectivity index (χ0) is 20.5. The molecule has 0 radical (unpaired) electrons. The van der Waals surface area contributed by atoms with Crippen molar-refractivity contribution in [1.82, 2.24) is 4.31 Å². The Balaban J connectivity index is 1.88. The number of hydrogen-bond donors (Lipinski definition) is 1. The summed E-state index contributed by atoms with van der Waals surface area (Å²) in [5.41, 5.74) is 3.39. The summed E-state index contributed by atoms with van der Waals surface area (Å²) in [6.07, 6.45) is 1.14. The molecule has 1 heterocycles. The topological polar surface area (TPSA) is 75.7 Å². The van der Waals surface area contributed by atoms with Crippen LogP contribution in [0.2, 0.25) is 0 Å². The molecule has 2 aromatic carbocycles. The summed E-state index contributed by atoms with van der Waals surface area (Å²) in [5.74, 6) is 0.172. The highest BCUT2D eigenvalue weighted by Crippen LogP contribution is 2.30. The average molecular weight is 403 g/mol. The van der Waals surface area contributed by atoms with E-state index >= 15 is 0 Å². The van der Waals surface area contributed by atoms with E-state index < -0.39 is 16.1 Å². The first-order valence-electron chi connectivity index (χ1n) is 9.28. The standard InChI is InChI=1S/C21H26N2O4S/c1-14-10-15(2)12-17(11-14)22-21(24)19-6-5-9-23(19)28(25,26)20-13-18(27-4)8-7-16(20)3/h7-8,10-13,19H,5-6,9H2,1-4H3,(H,22,24). The number of amides is 1. The van der Waals surface area contributed by atoms with E-state index in [1.807, 2.05) is 32.0 Å². The van der Waals surface area contributed by atoms with Crippen molar-refractivity contribution < 1.29 is 17.9 Å². The minimum Gasteiger partial charge on any atom is -0.497 e. The van der Waals surface area contributed by atoms with E-state index in [0.717, 1.165) is 11.1 Å². The number of benzene rings is 2. The summed E-state index contributed by atoms with van der Waals surface area (Å²) < 4.78 is 33.1. The second-order valence-corrected chi connectivity index (χ2v) is 9.13. The third kappa shape index (κ3) is 4.05. The molecule has 1 fully saturated rings. The molecule has 0 bridgehead atoms. The van der Waals surface area contributed by atoms with Gasteiger partial charge in [0.25, 0.3) is 0 Å². The fraction of sp³-hybridized carbons (Fsp3) is 0.381. The predicted molar refractivity (Wildman–Crippen MR) is 109 cm³/mol. The second-order valence-electron chi connectivity index (χ2n) is 7.27. The van der Waals surface area contributed by atoms with Gasteiger partial charge in [0.2, 0.25) is 15.9 Å². The number of anilines is 1. The number of aryl methyl sites for hydroxylation is 3. The van der Waals surface area contributed by atoms with Crippen LogP contribution in [-0.2, 0) is 14.8 Å². The SMILES string of the molecule is COc1ccc(C)c(S(=O)(=O)N2CCCC2C(=O)Nc2cc(C)cc(C)c2)c1. The number of nitrogens with zero attached hydrogens (tertiary/aromatic N) is 1. The molecule has 0 aliphatic carbocycles. The van der Waals surface area contributed by atoms with Crippen molar-refractivity contribution in [1.29, 1.82) is 0 Å². The number of ether oxygens (including phenoxy) is 1. The number of carbonyl (C=O) groups is 1. The normalized spacial score (nSPS) is 17.5. The molecule has 1 unspecified atom stereocenters. The number of rotatable bonds is 5. The van der Waals surface area contributed by atoms with Crippen molar-refractivity contribution in [3.05, 3.63) is 53.1 Å². The van der Waals surface area contributed by atoms with E-state index in [4.69, 9.17) is 4.74 Å². The van der Waals surface area contributed by atoms with Gasteiger partial charge in [-0.05, 0) is 68.5 Å². The van der Waals surface area contributed by atoms with Gasteiger partial charge in [-0.1, -0.05) is 12.1 Å². The van der Waals surface area contributed by atoms with Crippen LogP contribution in [0.1, 0.15) is 29.5 Å². The smallest absolute Gasteiger partial charge is 0.244 e. The van der Waals surface area contributed by atoms with Crippen molar-refractivity contribution in [2.24, 2.45) is 0 Å². The van der Waals surface area contributed by atoms with E-state index in [-0.39, 0.29) is 10.8 Å². The Morgan fingerprint density at radius 3 is 2.43 bits per heavy atom. The maximum atomic E-state index is 13.3. The molecule has 6 nitrogen and oxygen atoms in total. The molecular weight excluding hydrogens is 376 g/mol. The van der Waals surface area contributed by atoms with Gasteiger partial charge in [-0.3, -0.25) is 4.79 Å². The quantitative estimate of drug-likeness (QED) is 0.832. The number of methoxy groups -OCH3 is 1. The van der Waals surface area contributed by atoms with Gasteiger partial charge in [0.1, 0.15) is 11.8 Å². The predicted octanol–water partition coefficient (Wildman–Crippen LogP) is 3.41. The van der Waals surface area contributed by atoms with Crippen LogP contribution in [-0.4, -0.2) is 38.3 Å². The van der Waals surface area contributed by atoms with E-state index in [0.29, 0.717) is 36.4 Å². The molecule has 1 atom stereocenters. The lowest BCUT2D eigenvalue weighted by Gasteiger charge is -2.24. The molecule has 1 N–H and O–H groups in total. The molecule has 1 aliphatic rings. The van der Waals surface area contributed by atoms with Crippen molar-refractivity contribution in [2.45, 2.75) is 44.6 Å². The van der Waals surface area contributed by atoms with Crippen molar-refractivity contribution in [3.8, 4) is 5.75 Å². The highest BCUT2D eigenvalue weighted by atomic mass is 32.2. The molecule has 0 spiro atoms. The fourth-order valence-electron chi connectivity index (χ4n) is 3.67. The first-order valence-corrected chi connectivity index (χ1v) is 10.7. The summed E-state index contributed by atoms with van der Waals surface area (Å²) in [7, 11) is -2.32. The van der Waals surface area contributed by atoms with Gasteiger partial charge in [-0.25, -0.2) is 8.42 Å². The highest BCUT2D eigenvalue weighted by molar-refractivity contribution is 7.89. The Morgan fingerprint density at radius 2 is 1.79 bits per heavy atom. The van der Waals surface area contributed by atoms with Crippen LogP contribution in [0.25, 0.3) is 0 Å². The molecular formula is C21H26N2O4S. The molecule has 7 heteroatoms. The summed E-state index contributed by atoms with van der Waals surface area (Å²) in [6.45, 7) is 5.98. The maximum absolute atomic E-state index is 13.3. The molecule has 1 amide bonds. The largest absolute Gasteiger partial charge is 0.497 e. The average Bonchev–Trinajstić information content (AvgIpc) is 3.12. The van der Waals surface area contributed by atoms with Gasteiger partial charge in [0.05, 0.1) is 12.0 Å². The van der Waals surface area contributed by atoms with Gasteiger partial charge >= 0.3 is 0 Å². The van der Waals surface area contributed by atoms with E-state index in [9.17, 15) is 13.2 Å². The van der Waals surface area contributed by atoms with E-state index in [1.165, 1.54) is 17.5 Å². The van der Waals surface area contributed by atoms with Crippen molar-refractivity contribution in [3.63, 3.8) is 0 Å². The summed E-state index contributed by atoms with van der Waals surface area (Å²) in [5, 5.41) is 2.89. The molecule has 1 saturated heterocycles. The third-order valence-electron chi connectivity index (χ3n) is 4.98.